The molecule has 0 spiro atoms. The molecule has 0 radical (unpaired) electrons. The Morgan fingerprint density at radius 2 is 2.11 bits per heavy atom. The van der Waals surface area contributed by atoms with Crippen LogP contribution in [0.1, 0.15) is 37.6 Å². The average molecular weight is 282 g/mol. The van der Waals surface area contributed by atoms with Gasteiger partial charge in [-0.15, -0.1) is 0 Å². The summed E-state index contributed by atoms with van der Waals surface area (Å²) >= 11 is 6.32. The van der Waals surface area contributed by atoms with Crippen molar-refractivity contribution in [2.45, 2.75) is 32.9 Å². The second kappa shape index (κ2) is 6.21. The lowest BCUT2D eigenvalue weighted by atomic mass is 10.1. The molecule has 0 fully saturated rings. The largest absolute Gasteiger partial charge is 0.305 e. The van der Waals surface area contributed by atoms with E-state index in [2.05, 4.69) is 29.4 Å². The molecule has 1 N–H and O–H groups in total. The Hall–Kier alpha value is -1.33. The highest BCUT2D eigenvalue weighted by Gasteiger charge is 2.22. The van der Waals surface area contributed by atoms with Gasteiger partial charge in [0.1, 0.15) is 0 Å². The molecule has 2 aromatic heterocycles. The Kier molecular flexibility index (Phi) is 4.61. The van der Waals surface area contributed by atoms with Gasteiger partial charge in [-0.05, 0) is 13.0 Å². The molecule has 0 aromatic carbocycles. The van der Waals surface area contributed by atoms with Crippen LogP contribution < -0.4 is 5.32 Å². The molecule has 0 aliphatic heterocycles. The number of nitrogens with zero attached hydrogens (tertiary/aromatic N) is 4. The maximum atomic E-state index is 6.32. The van der Waals surface area contributed by atoms with Crippen molar-refractivity contribution < 1.29 is 0 Å². The third kappa shape index (κ3) is 2.98. The van der Waals surface area contributed by atoms with E-state index in [1.54, 1.807) is 10.9 Å². The first-order chi connectivity index (χ1) is 9.17. The van der Waals surface area contributed by atoms with E-state index in [4.69, 9.17) is 11.6 Å². The summed E-state index contributed by atoms with van der Waals surface area (Å²) in [5.74, 6) is 0. The fourth-order valence-corrected chi connectivity index (χ4v) is 2.46. The molecule has 2 heterocycles. The predicted octanol–water partition coefficient (Wildman–Crippen LogP) is 2.38. The van der Waals surface area contributed by atoms with Crippen molar-refractivity contribution in [3.05, 3.63) is 34.9 Å². The molecule has 0 saturated heterocycles. The first kappa shape index (κ1) is 14.1. The van der Waals surface area contributed by atoms with Gasteiger partial charge in [-0.2, -0.15) is 10.2 Å². The minimum atomic E-state index is 0.0280. The van der Waals surface area contributed by atoms with Crippen LogP contribution in [-0.2, 0) is 13.6 Å². The molecule has 19 heavy (non-hydrogen) atoms. The Labute approximate surface area is 118 Å². The van der Waals surface area contributed by atoms with Gasteiger partial charge >= 0.3 is 0 Å². The number of nitrogens with one attached hydrogen (secondary N) is 1. The van der Waals surface area contributed by atoms with Gasteiger partial charge in [0, 0.05) is 25.4 Å². The zero-order chi connectivity index (χ0) is 13.8. The van der Waals surface area contributed by atoms with Gasteiger partial charge in [-0.1, -0.05) is 25.4 Å². The Balaban J connectivity index is 2.41. The highest BCUT2D eigenvalue weighted by Crippen LogP contribution is 2.28. The van der Waals surface area contributed by atoms with Crippen LogP contribution in [0.3, 0.4) is 0 Å². The van der Waals surface area contributed by atoms with E-state index in [0.29, 0.717) is 5.02 Å². The van der Waals surface area contributed by atoms with Crippen molar-refractivity contribution in [2.24, 2.45) is 7.05 Å². The standard InChI is InChI=1S/C13H20ClN5/c1-4-6-19-13(11(14)8-17-19)12(15-5-2)10-7-16-18(3)9-10/h7-9,12,15H,4-6H2,1-3H3. The van der Waals surface area contributed by atoms with Crippen molar-refractivity contribution in [3.8, 4) is 0 Å². The molecule has 0 aliphatic rings. The van der Waals surface area contributed by atoms with Crippen molar-refractivity contribution in [1.82, 2.24) is 24.9 Å². The molecule has 0 saturated carbocycles. The molecule has 104 valence electrons. The van der Waals surface area contributed by atoms with E-state index in [1.165, 1.54) is 0 Å². The van der Waals surface area contributed by atoms with Crippen molar-refractivity contribution in [2.75, 3.05) is 6.54 Å². The predicted molar refractivity (Wildman–Crippen MR) is 76.3 cm³/mol. The lowest BCUT2D eigenvalue weighted by molar-refractivity contribution is 0.520. The number of rotatable bonds is 6. The van der Waals surface area contributed by atoms with Gasteiger partial charge in [0.05, 0.1) is 29.2 Å². The summed E-state index contributed by atoms with van der Waals surface area (Å²) in [5.41, 5.74) is 2.11. The molecule has 5 nitrogen and oxygen atoms in total. The number of halogens is 1. The fraction of sp³-hybridized carbons (Fsp3) is 0.538. The molecular formula is C13H20ClN5. The molecule has 1 unspecified atom stereocenters. The van der Waals surface area contributed by atoms with Crippen LogP contribution in [0, 0.1) is 0 Å². The van der Waals surface area contributed by atoms with E-state index >= 15 is 0 Å². The van der Waals surface area contributed by atoms with E-state index in [9.17, 15) is 0 Å². The Morgan fingerprint density at radius 1 is 1.32 bits per heavy atom. The van der Waals surface area contributed by atoms with Crippen molar-refractivity contribution in [1.29, 1.82) is 0 Å². The molecule has 6 heteroatoms. The summed E-state index contributed by atoms with van der Waals surface area (Å²) in [6.07, 6.45) is 6.62. The van der Waals surface area contributed by atoms with E-state index in [-0.39, 0.29) is 6.04 Å². The summed E-state index contributed by atoms with van der Waals surface area (Å²) in [5, 5.41) is 12.8. The second-order valence-corrected chi connectivity index (χ2v) is 4.95. The van der Waals surface area contributed by atoms with E-state index in [0.717, 1.165) is 30.8 Å². The highest BCUT2D eigenvalue weighted by molar-refractivity contribution is 6.31. The van der Waals surface area contributed by atoms with Crippen LogP contribution >= 0.6 is 11.6 Å². The Bertz CT molecular complexity index is 531. The van der Waals surface area contributed by atoms with Gasteiger partial charge in [-0.25, -0.2) is 0 Å². The van der Waals surface area contributed by atoms with Crippen LogP contribution in [-0.4, -0.2) is 26.1 Å². The van der Waals surface area contributed by atoms with Gasteiger partial charge in [-0.3, -0.25) is 9.36 Å². The highest BCUT2D eigenvalue weighted by atomic mass is 35.5. The summed E-state index contributed by atoms with van der Waals surface area (Å²) in [6, 6.07) is 0.0280. The van der Waals surface area contributed by atoms with Crippen LogP contribution in [0.2, 0.25) is 5.02 Å². The van der Waals surface area contributed by atoms with Crippen LogP contribution in [0.4, 0.5) is 0 Å². The minimum Gasteiger partial charge on any atom is -0.305 e. The topological polar surface area (TPSA) is 47.7 Å². The molecule has 0 amide bonds. The van der Waals surface area contributed by atoms with Crippen LogP contribution in [0.25, 0.3) is 0 Å². The first-order valence-electron chi connectivity index (χ1n) is 6.60. The molecule has 1 atom stereocenters. The molecule has 0 bridgehead atoms. The zero-order valence-corrected chi connectivity index (χ0v) is 12.4. The monoisotopic (exact) mass is 281 g/mol. The summed E-state index contributed by atoms with van der Waals surface area (Å²) in [7, 11) is 1.91. The fourth-order valence-electron chi connectivity index (χ4n) is 2.21. The SMILES string of the molecule is CCCn1ncc(Cl)c1C(NCC)c1cnn(C)c1. The molecule has 0 aliphatic carbocycles. The maximum absolute atomic E-state index is 6.32. The molecule has 2 aromatic rings. The lowest BCUT2D eigenvalue weighted by Gasteiger charge is -2.18. The van der Waals surface area contributed by atoms with Crippen molar-refractivity contribution >= 4 is 11.6 Å². The second-order valence-electron chi connectivity index (χ2n) is 4.54. The minimum absolute atomic E-state index is 0.0280. The van der Waals surface area contributed by atoms with Gasteiger partial charge in [0.15, 0.2) is 0 Å². The quantitative estimate of drug-likeness (QED) is 0.884. The van der Waals surface area contributed by atoms with Gasteiger partial charge < -0.3 is 5.32 Å². The van der Waals surface area contributed by atoms with Crippen LogP contribution in [0.5, 0.6) is 0 Å². The number of aromatic nitrogens is 4. The smallest absolute Gasteiger partial charge is 0.0837 e. The third-order valence-electron chi connectivity index (χ3n) is 3.01. The molecule has 2 rings (SSSR count). The van der Waals surface area contributed by atoms with Crippen LogP contribution in [0.15, 0.2) is 18.6 Å². The maximum Gasteiger partial charge on any atom is 0.0837 e. The summed E-state index contributed by atoms with van der Waals surface area (Å²) in [6.45, 7) is 5.93. The van der Waals surface area contributed by atoms with Gasteiger partial charge in [0.2, 0.25) is 0 Å². The summed E-state index contributed by atoms with van der Waals surface area (Å²) < 4.78 is 3.77. The number of hydrogen-bond donors (Lipinski definition) is 1. The van der Waals surface area contributed by atoms with E-state index < -0.39 is 0 Å². The first-order valence-corrected chi connectivity index (χ1v) is 6.98. The van der Waals surface area contributed by atoms with Gasteiger partial charge in [0.25, 0.3) is 0 Å². The van der Waals surface area contributed by atoms with E-state index in [1.807, 2.05) is 24.1 Å². The normalized spacial score (nSPS) is 12.8. The molecular weight excluding hydrogens is 262 g/mol. The number of hydrogen-bond acceptors (Lipinski definition) is 3. The average Bonchev–Trinajstić information content (AvgIpc) is 2.95. The van der Waals surface area contributed by atoms with Crippen molar-refractivity contribution in [3.63, 3.8) is 0 Å². The summed E-state index contributed by atoms with van der Waals surface area (Å²) in [4.78, 5) is 0. The number of aryl methyl sites for hydroxylation is 2. The third-order valence-corrected chi connectivity index (χ3v) is 3.30. The zero-order valence-electron chi connectivity index (χ0n) is 11.6. The lowest BCUT2D eigenvalue weighted by Crippen LogP contribution is -2.25. The Morgan fingerprint density at radius 3 is 2.68 bits per heavy atom.